The molecule has 0 fully saturated rings. The van der Waals surface area contributed by atoms with Gasteiger partial charge in [-0.05, 0) is 0 Å². The van der Waals surface area contributed by atoms with Crippen LogP contribution in [0.25, 0.3) is 89.7 Å². The van der Waals surface area contributed by atoms with Crippen molar-refractivity contribution in [3.05, 3.63) is 97.1 Å². The summed E-state index contributed by atoms with van der Waals surface area (Å²) in [5.74, 6) is 2.39. The van der Waals surface area contributed by atoms with Gasteiger partial charge in [0, 0.05) is 43.8 Å². The second-order valence-corrected chi connectivity index (χ2v) is 9.79. The van der Waals surface area contributed by atoms with Crippen LogP contribution in [0.4, 0.5) is 0 Å². The predicted molar refractivity (Wildman–Crippen MR) is 172 cm³/mol. The third-order valence-electron chi connectivity index (χ3n) is 7.46. The molecular weight excluding hydrogens is 572 g/mol. The monoisotopic (exact) mass is 592 g/mol. The van der Waals surface area contributed by atoms with Crippen LogP contribution in [-0.4, -0.2) is 77.6 Å². The van der Waals surface area contributed by atoms with Gasteiger partial charge in [-0.3, -0.25) is 0 Å². The molecule has 9 rings (SSSR count). The van der Waals surface area contributed by atoms with Gasteiger partial charge in [-0.15, -0.1) is 12.4 Å². The number of H-pyrrole nitrogens is 2. The molecule has 0 aliphatic carbocycles. The molecule has 0 radical (unpaired) electrons. The number of aromatic nitrogens is 8. The fourth-order valence-electron chi connectivity index (χ4n) is 5.59. The molecule has 10 heteroatoms. The van der Waals surface area contributed by atoms with Crippen LogP contribution in [0.1, 0.15) is 0 Å². The first kappa shape index (κ1) is 26.7. The first-order chi connectivity index (χ1) is 19.8. The maximum absolute atomic E-state index is 5.02. The third kappa shape index (κ3) is 4.02. The fraction of sp³-hybridized carbons (Fsp3) is 0. The van der Waals surface area contributed by atoms with E-state index in [1.807, 2.05) is 97.1 Å². The summed E-state index contributed by atoms with van der Waals surface area (Å²) in [6, 6.07) is 32.2. The van der Waals surface area contributed by atoms with Gasteiger partial charge in [0.25, 0.3) is 0 Å². The van der Waals surface area contributed by atoms with Gasteiger partial charge in [0.05, 0.1) is 0 Å². The van der Waals surface area contributed by atoms with Crippen LogP contribution >= 0.6 is 12.4 Å². The SMILES string of the molecule is Cl.[CaH2].c1ccc2c(c1)-c1nc-2nc2[nH]c(nc3nc(nc4[nH]c(n1)c1ccccc41)-c1ccccc1-3)c1ccccc21. The van der Waals surface area contributed by atoms with Crippen molar-refractivity contribution in [2.75, 3.05) is 0 Å². The molecule has 3 aromatic heterocycles. The van der Waals surface area contributed by atoms with Gasteiger partial charge in [-0.2, -0.15) is 0 Å². The molecule has 0 spiro atoms. The fourth-order valence-corrected chi connectivity index (χ4v) is 5.59. The summed E-state index contributed by atoms with van der Waals surface area (Å²) in [4.78, 5) is 36.8. The van der Waals surface area contributed by atoms with Gasteiger partial charge in [-0.1, -0.05) is 97.1 Å². The number of hydrogen-bond donors (Lipinski definition) is 2. The summed E-state index contributed by atoms with van der Waals surface area (Å²) >= 11 is 0. The zero-order valence-corrected chi connectivity index (χ0v) is 22.1. The Balaban J connectivity index is 0.00000144. The van der Waals surface area contributed by atoms with E-state index in [0.29, 0.717) is 45.9 Å². The molecule has 2 N–H and O–H groups in total. The van der Waals surface area contributed by atoms with Gasteiger partial charge < -0.3 is 9.97 Å². The summed E-state index contributed by atoms with van der Waals surface area (Å²) in [5, 5.41) is 3.82. The van der Waals surface area contributed by atoms with E-state index in [0.717, 1.165) is 43.8 Å². The van der Waals surface area contributed by atoms with E-state index >= 15 is 0 Å². The van der Waals surface area contributed by atoms with Crippen molar-refractivity contribution in [3.8, 4) is 45.6 Å². The summed E-state index contributed by atoms with van der Waals surface area (Å²) in [6.07, 6.45) is 0. The van der Waals surface area contributed by atoms with E-state index < -0.39 is 0 Å². The van der Waals surface area contributed by atoms with Crippen molar-refractivity contribution >= 4 is 94.3 Å². The Bertz CT molecular complexity index is 2040. The number of nitrogens with zero attached hydrogens (tertiary/aromatic N) is 6. The minimum atomic E-state index is 0. The number of halogens is 1. The topological polar surface area (TPSA) is 109 Å². The molecule has 0 unspecified atom stereocenters. The maximum Gasteiger partial charge on any atom is 0.164 e. The second-order valence-electron chi connectivity index (χ2n) is 9.79. The second kappa shape index (κ2) is 10.3. The van der Waals surface area contributed by atoms with E-state index in [1.165, 1.54) is 0 Å². The molecule has 2 aliphatic heterocycles. The van der Waals surface area contributed by atoms with Crippen molar-refractivity contribution < 1.29 is 0 Å². The number of hydrogen-bond acceptors (Lipinski definition) is 6. The molecule has 198 valence electrons. The number of benzene rings is 4. The van der Waals surface area contributed by atoms with Crippen LogP contribution in [-0.2, 0) is 0 Å². The molecule has 0 saturated carbocycles. The molecule has 0 saturated heterocycles. The first-order valence-corrected chi connectivity index (χ1v) is 13.0. The van der Waals surface area contributed by atoms with Gasteiger partial charge >= 0.3 is 37.7 Å². The average molecular weight is 593 g/mol. The van der Waals surface area contributed by atoms with Crippen LogP contribution in [0.5, 0.6) is 0 Å². The zero-order valence-electron chi connectivity index (χ0n) is 21.3. The molecule has 42 heavy (non-hydrogen) atoms. The minimum absolute atomic E-state index is 0. The predicted octanol–water partition coefficient (Wildman–Crippen LogP) is 6.37. The largest absolute Gasteiger partial charge is 0.324 e. The third-order valence-corrected chi connectivity index (χ3v) is 7.46. The Kier molecular flexibility index (Phi) is 6.51. The molecule has 2 aliphatic rings. The van der Waals surface area contributed by atoms with E-state index in [-0.39, 0.29) is 50.1 Å². The Labute approximate surface area is 274 Å². The summed E-state index contributed by atoms with van der Waals surface area (Å²) in [7, 11) is 0. The van der Waals surface area contributed by atoms with E-state index in [1.54, 1.807) is 0 Å². The Morgan fingerprint density at radius 3 is 0.833 bits per heavy atom. The van der Waals surface area contributed by atoms with Crippen molar-refractivity contribution in [1.29, 1.82) is 0 Å². The van der Waals surface area contributed by atoms with E-state index in [9.17, 15) is 0 Å². The molecule has 0 amide bonds. The molecular formula is C32H21CaClN8. The van der Waals surface area contributed by atoms with E-state index in [4.69, 9.17) is 29.9 Å². The Morgan fingerprint density at radius 1 is 0.333 bits per heavy atom. The van der Waals surface area contributed by atoms with Crippen LogP contribution in [0, 0.1) is 0 Å². The summed E-state index contributed by atoms with van der Waals surface area (Å²) in [6.45, 7) is 0. The van der Waals surface area contributed by atoms with E-state index in [2.05, 4.69) is 9.97 Å². The van der Waals surface area contributed by atoms with Gasteiger partial charge in [0.15, 0.2) is 23.3 Å². The molecule has 5 heterocycles. The quantitative estimate of drug-likeness (QED) is 0.198. The van der Waals surface area contributed by atoms with Crippen molar-refractivity contribution in [2.45, 2.75) is 0 Å². The average Bonchev–Trinajstić information content (AvgIpc) is 3.73. The molecule has 7 aromatic rings. The first-order valence-electron chi connectivity index (χ1n) is 13.0. The Morgan fingerprint density at radius 2 is 0.571 bits per heavy atom. The number of aromatic amines is 2. The summed E-state index contributed by atoms with van der Waals surface area (Å²) < 4.78 is 0. The Hall–Kier alpha value is -4.21. The number of fused-ring (bicyclic) bond motifs is 20. The normalized spacial score (nSPS) is 11.4. The zero-order chi connectivity index (χ0) is 26.2. The van der Waals surface area contributed by atoms with Crippen LogP contribution in [0.3, 0.4) is 0 Å². The van der Waals surface area contributed by atoms with Crippen LogP contribution < -0.4 is 0 Å². The van der Waals surface area contributed by atoms with Crippen LogP contribution in [0.2, 0.25) is 0 Å². The molecule has 0 atom stereocenters. The van der Waals surface area contributed by atoms with Gasteiger partial charge in [0.1, 0.15) is 22.6 Å². The minimum Gasteiger partial charge on any atom is -0.324 e. The molecule has 8 bridgehead atoms. The maximum atomic E-state index is 5.02. The van der Waals surface area contributed by atoms with Crippen molar-refractivity contribution in [2.24, 2.45) is 0 Å². The number of nitrogens with one attached hydrogen (secondary N) is 2. The summed E-state index contributed by atoms with van der Waals surface area (Å²) in [5.41, 5.74) is 6.45. The van der Waals surface area contributed by atoms with Gasteiger partial charge in [0.2, 0.25) is 0 Å². The molecule has 4 aromatic carbocycles. The smallest absolute Gasteiger partial charge is 0.164 e. The molecule has 8 nitrogen and oxygen atoms in total. The number of rotatable bonds is 0. The van der Waals surface area contributed by atoms with Gasteiger partial charge in [-0.25, -0.2) is 29.9 Å². The van der Waals surface area contributed by atoms with Crippen molar-refractivity contribution in [3.63, 3.8) is 0 Å². The van der Waals surface area contributed by atoms with Crippen molar-refractivity contribution in [1.82, 2.24) is 39.9 Å². The standard InChI is InChI=1S/C32H18N8.Ca.ClH.2H/c1-2-10-18-17(9-1)25-33-26(18)38-28-21-13-5-6-14-22(21)30(35-28)40-32-24-16-8-7-15-23(24)31(36-32)39-29-20-12-4-3-11-19(20)27(34-29)37-25;;;;/h1-16H,(H2,33,34,35,36,37,38,39,40);;1H;;. The van der Waals surface area contributed by atoms with Crippen LogP contribution in [0.15, 0.2) is 97.1 Å².